The van der Waals surface area contributed by atoms with E-state index in [9.17, 15) is 0 Å². The molecule has 0 spiro atoms. The average molecular weight is 241 g/mol. The number of aromatic nitrogens is 2. The molecule has 5 heteroatoms. The van der Waals surface area contributed by atoms with E-state index in [1.807, 2.05) is 0 Å². The molecule has 1 aromatic rings. The number of hydrogen-bond donors (Lipinski definition) is 0. The van der Waals surface area contributed by atoms with Gasteiger partial charge in [0.15, 0.2) is 0 Å². The highest BCUT2D eigenvalue weighted by molar-refractivity contribution is 7.09. The molecule has 0 amide bonds. The lowest BCUT2D eigenvalue weighted by atomic mass is 10.2. The molecule has 2 rings (SSSR count). The molecule has 0 N–H and O–H groups in total. The molecule has 1 saturated heterocycles. The van der Waals surface area contributed by atoms with E-state index < -0.39 is 0 Å². The molecule has 1 fully saturated rings. The second-order valence-electron chi connectivity index (χ2n) is 4.53. The summed E-state index contributed by atoms with van der Waals surface area (Å²) >= 11 is 1.51. The third kappa shape index (κ3) is 2.35. The SMILES string of the molecule is COCC1CCCN1c1nc(C(C)C)ns1. The standard InChI is InChI=1S/C11H19N3OS/c1-8(2)10-12-11(16-13-10)14-6-4-5-9(14)7-15-3/h8-9H,4-7H2,1-3H3. The predicted molar refractivity (Wildman–Crippen MR) is 66.2 cm³/mol. The molecule has 0 saturated carbocycles. The minimum Gasteiger partial charge on any atom is -0.383 e. The van der Waals surface area contributed by atoms with Crippen LogP contribution in [0, 0.1) is 0 Å². The molecule has 0 aromatic carbocycles. The number of methoxy groups -OCH3 is 1. The summed E-state index contributed by atoms with van der Waals surface area (Å²) in [6, 6.07) is 0.484. The molecule has 1 aliphatic heterocycles. The Labute approximate surface area is 101 Å². The largest absolute Gasteiger partial charge is 0.383 e. The molecule has 1 aliphatic rings. The van der Waals surface area contributed by atoms with E-state index >= 15 is 0 Å². The quantitative estimate of drug-likeness (QED) is 0.810. The van der Waals surface area contributed by atoms with Crippen molar-refractivity contribution >= 4 is 16.7 Å². The maximum atomic E-state index is 5.25. The van der Waals surface area contributed by atoms with Crippen LogP contribution in [-0.2, 0) is 4.74 Å². The lowest BCUT2D eigenvalue weighted by molar-refractivity contribution is 0.181. The van der Waals surface area contributed by atoms with Gasteiger partial charge in [-0.15, -0.1) is 0 Å². The number of ether oxygens (including phenoxy) is 1. The van der Waals surface area contributed by atoms with E-state index in [-0.39, 0.29) is 0 Å². The van der Waals surface area contributed by atoms with Crippen LogP contribution in [0.25, 0.3) is 0 Å². The second-order valence-corrected chi connectivity index (χ2v) is 5.26. The molecule has 0 aliphatic carbocycles. The topological polar surface area (TPSA) is 38.2 Å². The van der Waals surface area contributed by atoms with Crippen LogP contribution in [0.3, 0.4) is 0 Å². The van der Waals surface area contributed by atoms with Gasteiger partial charge in [0.2, 0.25) is 5.13 Å². The van der Waals surface area contributed by atoms with Crippen molar-refractivity contribution in [2.45, 2.75) is 38.6 Å². The molecule has 0 bridgehead atoms. The second kappa shape index (κ2) is 5.10. The molecule has 1 atom stereocenters. The van der Waals surface area contributed by atoms with Gasteiger partial charge in [0, 0.05) is 31.1 Å². The van der Waals surface area contributed by atoms with Gasteiger partial charge in [0.05, 0.1) is 12.6 Å². The zero-order valence-corrected chi connectivity index (χ0v) is 11.0. The Morgan fingerprint density at radius 3 is 3.00 bits per heavy atom. The Kier molecular flexibility index (Phi) is 3.76. The fourth-order valence-electron chi connectivity index (χ4n) is 2.03. The van der Waals surface area contributed by atoms with Gasteiger partial charge in [0.1, 0.15) is 5.82 Å². The zero-order valence-electron chi connectivity index (χ0n) is 10.1. The van der Waals surface area contributed by atoms with Crippen LogP contribution in [0.4, 0.5) is 5.13 Å². The minimum absolute atomic E-state index is 0.411. The van der Waals surface area contributed by atoms with E-state index in [1.54, 1.807) is 7.11 Å². The van der Waals surface area contributed by atoms with Gasteiger partial charge in [-0.1, -0.05) is 13.8 Å². The smallest absolute Gasteiger partial charge is 0.205 e. The highest BCUT2D eigenvalue weighted by Gasteiger charge is 2.27. The Morgan fingerprint density at radius 2 is 2.38 bits per heavy atom. The number of rotatable bonds is 4. The summed E-state index contributed by atoms with van der Waals surface area (Å²) in [7, 11) is 1.76. The molecule has 2 heterocycles. The van der Waals surface area contributed by atoms with Gasteiger partial charge in [-0.2, -0.15) is 4.37 Å². The highest BCUT2D eigenvalue weighted by Crippen LogP contribution is 2.28. The van der Waals surface area contributed by atoms with Crippen molar-refractivity contribution in [3.63, 3.8) is 0 Å². The molecule has 4 nitrogen and oxygen atoms in total. The molecule has 0 radical (unpaired) electrons. The minimum atomic E-state index is 0.411. The van der Waals surface area contributed by atoms with Crippen molar-refractivity contribution < 1.29 is 4.74 Å². The first-order chi connectivity index (χ1) is 7.72. The van der Waals surface area contributed by atoms with E-state index in [1.165, 1.54) is 24.4 Å². The van der Waals surface area contributed by atoms with Gasteiger partial charge in [0.25, 0.3) is 0 Å². The maximum Gasteiger partial charge on any atom is 0.205 e. The summed E-state index contributed by atoms with van der Waals surface area (Å²) in [5.74, 6) is 1.37. The number of anilines is 1. The fourth-order valence-corrected chi connectivity index (χ4v) is 2.94. The summed E-state index contributed by atoms with van der Waals surface area (Å²) in [6.45, 7) is 6.13. The van der Waals surface area contributed by atoms with Crippen molar-refractivity contribution in [1.29, 1.82) is 0 Å². The first kappa shape index (κ1) is 11.8. The normalized spacial score (nSPS) is 21.0. The third-order valence-electron chi connectivity index (χ3n) is 2.93. The first-order valence-corrected chi connectivity index (χ1v) is 6.59. The van der Waals surface area contributed by atoms with E-state index in [2.05, 4.69) is 28.1 Å². The maximum absolute atomic E-state index is 5.25. The van der Waals surface area contributed by atoms with Crippen molar-refractivity contribution in [2.24, 2.45) is 0 Å². The lowest BCUT2D eigenvalue weighted by Crippen LogP contribution is -2.32. The van der Waals surface area contributed by atoms with E-state index in [0.717, 1.165) is 24.1 Å². The summed E-state index contributed by atoms with van der Waals surface area (Å²) in [6.07, 6.45) is 2.43. The van der Waals surface area contributed by atoms with Crippen LogP contribution in [0.5, 0.6) is 0 Å². The van der Waals surface area contributed by atoms with Crippen LogP contribution in [-0.4, -0.2) is 35.7 Å². The fraction of sp³-hybridized carbons (Fsp3) is 0.818. The van der Waals surface area contributed by atoms with Gasteiger partial charge in [-0.3, -0.25) is 0 Å². The van der Waals surface area contributed by atoms with Crippen LogP contribution in [0.2, 0.25) is 0 Å². The molecule has 1 unspecified atom stereocenters. The summed E-state index contributed by atoms with van der Waals surface area (Å²) < 4.78 is 9.65. The van der Waals surface area contributed by atoms with Gasteiger partial charge in [-0.25, -0.2) is 4.98 Å². The molecular weight excluding hydrogens is 222 g/mol. The zero-order chi connectivity index (χ0) is 11.5. The van der Waals surface area contributed by atoms with Crippen molar-refractivity contribution in [2.75, 3.05) is 25.2 Å². The summed E-state index contributed by atoms with van der Waals surface area (Å²) in [5, 5.41) is 1.06. The Balaban J connectivity index is 2.10. The Morgan fingerprint density at radius 1 is 1.56 bits per heavy atom. The summed E-state index contributed by atoms with van der Waals surface area (Å²) in [5.41, 5.74) is 0. The van der Waals surface area contributed by atoms with Crippen LogP contribution >= 0.6 is 11.5 Å². The lowest BCUT2D eigenvalue weighted by Gasteiger charge is -2.22. The number of hydrogen-bond acceptors (Lipinski definition) is 5. The van der Waals surface area contributed by atoms with Crippen LogP contribution in [0.15, 0.2) is 0 Å². The molecular formula is C11H19N3OS. The van der Waals surface area contributed by atoms with E-state index in [0.29, 0.717) is 12.0 Å². The summed E-state index contributed by atoms with van der Waals surface area (Å²) in [4.78, 5) is 6.94. The Bertz CT molecular complexity index is 340. The van der Waals surface area contributed by atoms with Crippen LogP contribution in [0.1, 0.15) is 38.4 Å². The molecule has 1 aromatic heterocycles. The number of nitrogens with zero attached hydrogens (tertiary/aromatic N) is 3. The van der Waals surface area contributed by atoms with Crippen LogP contribution < -0.4 is 4.90 Å². The van der Waals surface area contributed by atoms with Gasteiger partial charge >= 0.3 is 0 Å². The third-order valence-corrected chi connectivity index (χ3v) is 3.70. The average Bonchev–Trinajstić information content (AvgIpc) is 2.84. The molecule has 90 valence electrons. The Hall–Kier alpha value is -0.680. The molecule has 16 heavy (non-hydrogen) atoms. The van der Waals surface area contributed by atoms with Crippen molar-refractivity contribution in [3.05, 3.63) is 5.82 Å². The van der Waals surface area contributed by atoms with Crippen molar-refractivity contribution in [3.8, 4) is 0 Å². The highest BCUT2D eigenvalue weighted by atomic mass is 32.1. The van der Waals surface area contributed by atoms with Gasteiger partial charge < -0.3 is 9.64 Å². The monoisotopic (exact) mass is 241 g/mol. The van der Waals surface area contributed by atoms with Gasteiger partial charge in [-0.05, 0) is 12.8 Å². The van der Waals surface area contributed by atoms with E-state index in [4.69, 9.17) is 4.74 Å². The predicted octanol–water partition coefficient (Wildman–Crippen LogP) is 2.28. The van der Waals surface area contributed by atoms with Crippen molar-refractivity contribution in [1.82, 2.24) is 9.36 Å². The first-order valence-electron chi connectivity index (χ1n) is 5.81.